The summed E-state index contributed by atoms with van der Waals surface area (Å²) in [7, 11) is 0. The molecule has 1 N–H and O–H groups in total. The molecule has 144 valence electrons. The van der Waals surface area contributed by atoms with Crippen molar-refractivity contribution in [2.45, 2.75) is 19.4 Å². The lowest BCUT2D eigenvalue weighted by Crippen LogP contribution is -2.17. The Bertz CT molecular complexity index is 1200. The van der Waals surface area contributed by atoms with Gasteiger partial charge in [-0.05, 0) is 34.7 Å². The van der Waals surface area contributed by atoms with Gasteiger partial charge in [0.15, 0.2) is 4.80 Å². The molecule has 1 aliphatic carbocycles. The smallest absolute Gasteiger partial charge is 0.251 e. The van der Waals surface area contributed by atoms with Crippen LogP contribution in [0.2, 0.25) is 0 Å². The van der Waals surface area contributed by atoms with Crippen LogP contribution < -0.4 is 4.80 Å². The van der Waals surface area contributed by atoms with Gasteiger partial charge in [0.2, 0.25) is 5.82 Å². The molecule has 1 saturated carbocycles. The summed E-state index contributed by atoms with van der Waals surface area (Å²) >= 11 is 1.50. The van der Waals surface area contributed by atoms with Gasteiger partial charge in [-0.25, -0.2) is 0 Å². The third-order valence-corrected chi connectivity index (χ3v) is 5.72. The molecule has 2 heterocycles. The normalized spacial score (nSPS) is 14.3. The predicted molar refractivity (Wildman–Crippen MR) is 110 cm³/mol. The van der Waals surface area contributed by atoms with Crippen LogP contribution in [-0.2, 0) is 11.3 Å². The maximum absolute atomic E-state index is 12.0. The van der Waals surface area contributed by atoms with E-state index in [9.17, 15) is 4.79 Å². The van der Waals surface area contributed by atoms with Crippen molar-refractivity contribution in [1.82, 2.24) is 25.2 Å². The zero-order valence-corrected chi connectivity index (χ0v) is 16.3. The highest BCUT2D eigenvalue weighted by atomic mass is 32.1. The first kappa shape index (κ1) is 17.7. The highest BCUT2D eigenvalue weighted by Gasteiger charge is 2.29. The van der Waals surface area contributed by atoms with Crippen molar-refractivity contribution < 1.29 is 4.79 Å². The van der Waals surface area contributed by atoms with Crippen molar-refractivity contribution in [3.05, 3.63) is 70.5 Å². The van der Waals surface area contributed by atoms with E-state index >= 15 is 0 Å². The van der Waals surface area contributed by atoms with E-state index in [2.05, 4.69) is 55.9 Å². The zero-order valence-electron chi connectivity index (χ0n) is 15.5. The van der Waals surface area contributed by atoms with Gasteiger partial charge in [0.25, 0.3) is 5.91 Å². The van der Waals surface area contributed by atoms with E-state index < -0.39 is 0 Å². The third-order valence-electron chi connectivity index (χ3n) is 4.92. The monoisotopic (exact) mass is 402 g/mol. The third kappa shape index (κ3) is 3.79. The van der Waals surface area contributed by atoms with Crippen molar-refractivity contribution in [3.63, 3.8) is 0 Å². The predicted octanol–water partition coefficient (Wildman–Crippen LogP) is 3.28. The first-order chi connectivity index (χ1) is 14.3. The number of carbonyl (C=O) groups is 1. The molecule has 0 aliphatic heterocycles. The molecular formula is C21H18N6OS. The number of hydrogen-bond donors (Lipinski definition) is 1. The van der Waals surface area contributed by atoms with Crippen molar-refractivity contribution >= 4 is 17.2 Å². The van der Waals surface area contributed by atoms with E-state index in [1.165, 1.54) is 11.3 Å². The molecule has 2 aromatic carbocycles. The SMILES string of the molecule is O=C(N=c1sccn1Cc1ccc(-c2ccccc2-c2nn[nH]n2)cc1)C1CC1. The summed E-state index contributed by atoms with van der Waals surface area (Å²) in [4.78, 5) is 17.1. The van der Waals surface area contributed by atoms with E-state index in [1.54, 1.807) is 0 Å². The summed E-state index contributed by atoms with van der Waals surface area (Å²) in [5, 5.41) is 16.3. The van der Waals surface area contributed by atoms with E-state index in [0.29, 0.717) is 12.4 Å². The molecule has 0 spiro atoms. The summed E-state index contributed by atoms with van der Waals surface area (Å²) < 4.78 is 2.02. The van der Waals surface area contributed by atoms with Crippen LogP contribution in [-0.4, -0.2) is 31.1 Å². The Kier molecular flexibility index (Phi) is 4.61. The molecule has 1 aliphatic rings. The fraction of sp³-hybridized carbons (Fsp3) is 0.190. The van der Waals surface area contributed by atoms with Gasteiger partial charge < -0.3 is 4.57 Å². The number of hydrogen-bond acceptors (Lipinski definition) is 5. The fourth-order valence-electron chi connectivity index (χ4n) is 3.22. The van der Waals surface area contributed by atoms with Crippen LogP contribution in [0.4, 0.5) is 0 Å². The Labute approximate surface area is 170 Å². The van der Waals surface area contributed by atoms with Gasteiger partial charge in [0.05, 0.1) is 0 Å². The maximum atomic E-state index is 12.0. The average Bonchev–Trinajstić information content (AvgIpc) is 3.30. The summed E-state index contributed by atoms with van der Waals surface area (Å²) in [6.07, 6.45) is 3.92. The molecule has 7 nitrogen and oxygen atoms in total. The molecule has 0 radical (unpaired) electrons. The van der Waals surface area contributed by atoms with Crippen LogP contribution in [0.5, 0.6) is 0 Å². The van der Waals surface area contributed by atoms with Gasteiger partial charge in [0.1, 0.15) is 0 Å². The van der Waals surface area contributed by atoms with Gasteiger partial charge in [-0.15, -0.1) is 21.5 Å². The minimum absolute atomic E-state index is 0.00891. The Hall–Kier alpha value is -3.39. The van der Waals surface area contributed by atoms with E-state index in [1.807, 2.05) is 34.3 Å². The number of nitrogens with one attached hydrogen (secondary N) is 1. The van der Waals surface area contributed by atoms with Crippen molar-refractivity contribution in [2.75, 3.05) is 0 Å². The first-order valence-corrected chi connectivity index (χ1v) is 10.3. The highest BCUT2D eigenvalue weighted by molar-refractivity contribution is 7.07. The number of nitrogens with zero attached hydrogens (tertiary/aromatic N) is 5. The zero-order chi connectivity index (χ0) is 19.6. The molecule has 8 heteroatoms. The molecule has 29 heavy (non-hydrogen) atoms. The Morgan fingerprint density at radius 1 is 1.14 bits per heavy atom. The summed E-state index contributed by atoms with van der Waals surface area (Å²) in [6.45, 7) is 0.674. The minimum atomic E-state index is 0.00891. The molecular weight excluding hydrogens is 384 g/mol. The van der Waals surface area contributed by atoms with Crippen molar-refractivity contribution in [1.29, 1.82) is 0 Å². The van der Waals surface area contributed by atoms with Crippen LogP contribution in [0.15, 0.2) is 65.1 Å². The number of thiazole rings is 1. The Morgan fingerprint density at radius 3 is 2.66 bits per heavy atom. The van der Waals surface area contributed by atoms with Crippen LogP contribution in [0, 0.1) is 5.92 Å². The van der Waals surface area contributed by atoms with Crippen LogP contribution in [0.3, 0.4) is 0 Å². The van der Waals surface area contributed by atoms with E-state index in [0.717, 1.165) is 39.9 Å². The summed E-state index contributed by atoms with van der Waals surface area (Å²) in [5.41, 5.74) is 4.21. The molecule has 0 unspecified atom stereocenters. The van der Waals surface area contributed by atoms with Crippen LogP contribution >= 0.6 is 11.3 Å². The quantitative estimate of drug-likeness (QED) is 0.555. The fourth-order valence-corrected chi connectivity index (χ4v) is 3.95. The lowest BCUT2D eigenvalue weighted by atomic mass is 9.98. The topological polar surface area (TPSA) is 88.8 Å². The lowest BCUT2D eigenvalue weighted by Gasteiger charge is -2.08. The molecule has 0 saturated heterocycles. The van der Waals surface area contributed by atoms with Crippen LogP contribution in [0.1, 0.15) is 18.4 Å². The largest absolute Gasteiger partial charge is 0.319 e. The second-order valence-corrected chi connectivity index (χ2v) is 7.89. The van der Waals surface area contributed by atoms with Gasteiger partial charge in [0, 0.05) is 29.6 Å². The second kappa shape index (κ2) is 7.56. The maximum Gasteiger partial charge on any atom is 0.251 e. The van der Waals surface area contributed by atoms with E-state index in [-0.39, 0.29) is 11.8 Å². The highest BCUT2D eigenvalue weighted by Crippen LogP contribution is 2.30. The molecule has 4 aromatic rings. The van der Waals surface area contributed by atoms with Crippen molar-refractivity contribution in [2.24, 2.45) is 10.9 Å². The summed E-state index contributed by atoms with van der Waals surface area (Å²) in [6, 6.07) is 16.4. The molecule has 5 rings (SSSR count). The molecule has 1 fully saturated rings. The summed E-state index contributed by atoms with van der Waals surface area (Å²) in [5.74, 6) is 0.726. The molecule has 1 amide bonds. The Balaban J connectivity index is 1.40. The standard InChI is InChI=1S/C21H18N6OS/c28-20(16-9-10-16)22-21-27(11-12-29-21)13-14-5-7-15(8-6-14)17-3-1-2-4-18(17)19-23-25-26-24-19/h1-8,11-12,16H,9-10,13H2,(H,23,24,25,26). The van der Waals surface area contributed by atoms with Gasteiger partial charge in [-0.3, -0.25) is 4.79 Å². The number of tetrazole rings is 1. The van der Waals surface area contributed by atoms with E-state index in [4.69, 9.17) is 0 Å². The number of carbonyl (C=O) groups excluding carboxylic acids is 1. The minimum Gasteiger partial charge on any atom is -0.319 e. The molecule has 0 atom stereocenters. The average molecular weight is 402 g/mol. The number of aromatic nitrogens is 5. The van der Waals surface area contributed by atoms with Gasteiger partial charge in [-0.1, -0.05) is 48.5 Å². The second-order valence-electron chi connectivity index (χ2n) is 7.02. The number of rotatable bonds is 5. The number of H-pyrrole nitrogens is 1. The van der Waals surface area contributed by atoms with Gasteiger partial charge in [-0.2, -0.15) is 10.2 Å². The number of aromatic amines is 1. The molecule has 0 bridgehead atoms. The number of amides is 1. The lowest BCUT2D eigenvalue weighted by molar-refractivity contribution is -0.119. The number of benzene rings is 2. The van der Waals surface area contributed by atoms with Crippen molar-refractivity contribution in [3.8, 4) is 22.5 Å². The Morgan fingerprint density at radius 2 is 1.93 bits per heavy atom. The van der Waals surface area contributed by atoms with Gasteiger partial charge >= 0.3 is 0 Å². The molecule has 2 aromatic heterocycles. The van der Waals surface area contributed by atoms with Crippen LogP contribution in [0.25, 0.3) is 22.5 Å². The first-order valence-electron chi connectivity index (χ1n) is 9.42.